The molecule has 0 radical (unpaired) electrons. The van der Waals surface area contributed by atoms with Crippen LogP contribution in [0.25, 0.3) is 0 Å². The second-order valence-corrected chi connectivity index (χ2v) is 6.36. The lowest BCUT2D eigenvalue weighted by Crippen LogP contribution is -2.42. The second-order valence-electron chi connectivity index (χ2n) is 5.44. The predicted molar refractivity (Wildman–Crippen MR) is 70.4 cm³/mol. The fraction of sp³-hybridized carbons (Fsp3) is 0.500. The number of hydrogen-bond acceptors (Lipinski definition) is 2. The van der Waals surface area contributed by atoms with Gasteiger partial charge in [-0.2, -0.15) is 0 Å². The second kappa shape index (κ2) is 4.56. The molecule has 3 rings (SSSR count). The van der Waals surface area contributed by atoms with E-state index in [-0.39, 0.29) is 18.0 Å². The van der Waals surface area contributed by atoms with Crippen LogP contribution >= 0.6 is 15.9 Å². The Labute approximate surface area is 118 Å². The van der Waals surface area contributed by atoms with E-state index >= 15 is 0 Å². The van der Waals surface area contributed by atoms with Crippen LogP contribution in [0.5, 0.6) is 0 Å². The monoisotopic (exact) mass is 328 g/mol. The number of aliphatic carboxylic acids is 1. The van der Waals surface area contributed by atoms with Crippen LogP contribution in [0.3, 0.4) is 0 Å². The molecule has 2 fully saturated rings. The van der Waals surface area contributed by atoms with Crippen LogP contribution in [-0.2, 0) is 16.0 Å². The summed E-state index contributed by atoms with van der Waals surface area (Å²) in [5, 5.41) is 9.60. The summed E-state index contributed by atoms with van der Waals surface area (Å²) in [5.74, 6) is -1.19. The van der Waals surface area contributed by atoms with Gasteiger partial charge in [-0.3, -0.25) is 4.79 Å². The molecule has 102 valence electrons. The Kier molecular flexibility index (Phi) is 3.14. The SMILES string of the molecule is O=C(O)C1(Cc2cc(F)cc(Br)c2)CC2CCC1O2. The predicted octanol–water partition coefficient (Wildman–Crippen LogP) is 3.15. The lowest BCUT2D eigenvalue weighted by molar-refractivity contribution is -0.152. The lowest BCUT2D eigenvalue weighted by atomic mass is 9.70. The van der Waals surface area contributed by atoms with E-state index in [1.54, 1.807) is 6.07 Å². The summed E-state index contributed by atoms with van der Waals surface area (Å²) in [4.78, 5) is 11.7. The number of carboxylic acids is 1. The Balaban J connectivity index is 1.92. The third-order valence-corrected chi connectivity index (χ3v) is 4.64. The van der Waals surface area contributed by atoms with E-state index < -0.39 is 11.4 Å². The van der Waals surface area contributed by atoms with Gasteiger partial charge in [0.15, 0.2) is 0 Å². The maximum Gasteiger partial charge on any atom is 0.312 e. The first kappa shape index (κ1) is 13.1. The highest BCUT2D eigenvalue weighted by Gasteiger charge is 2.57. The zero-order valence-electron chi connectivity index (χ0n) is 10.2. The summed E-state index contributed by atoms with van der Waals surface area (Å²) < 4.78 is 19.7. The molecule has 2 heterocycles. The average molecular weight is 329 g/mol. The van der Waals surface area contributed by atoms with E-state index in [4.69, 9.17) is 4.74 Å². The van der Waals surface area contributed by atoms with Gasteiger partial charge in [0.25, 0.3) is 0 Å². The van der Waals surface area contributed by atoms with Crippen LogP contribution in [0.4, 0.5) is 4.39 Å². The number of halogens is 2. The highest BCUT2D eigenvalue weighted by molar-refractivity contribution is 9.10. The van der Waals surface area contributed by atoms with Crippen molar-refractivity contribution in [2.45, 2.75) is 37.9 Å². The zero-order chi connectivity index (χ0) is 13.6. The molecule has 2 aliphatic rings. The average Bonchev–Trinajstić information content (AvgIpc) is 2.87. The number of ether oxygens (including phenoxy) is 1. The maximum atomic E-state index is 13.4. The first-order valence-electron chi connectivity index (χ1n) is 6.33. The number of carboxylic acid groups (broad SMARTS) is 1. The largest absolute Gasteiger partial charge is 0.481 e. The van der Waals surface area contributed by atoms with Crippen LogP contribution in [0, 0.1) is 11.2 Å². The van der Waals surface area contributed by atoms with Crippen molar-refractivity contribution >= 4 is 21.9 Å². The Hall–Kier alpha value is -0.940. The van der Waals surface area contributed by atoms with Crippen molar-refractivity contribution in [3.05, 3.63) is 34.1 Å². The van der Waals surface area contributed by atoms with Crippen molar-refractivity contribution in [2.24, 2.45) is 5.41 Å². The number of rotatable bonds is 3. The molecule has 2 saturated heterocycles. The van der Waals surface area contributed by atoms with Gasteiger partial charge < -0.3 is 9.84 Å². The van der Waals surface area contributed by atoms with E-state index in [1.807, 2.05) is 0 Å². The molecule has 19 heavy (non-hydrogen) atoms. The molecule has 2 bridgehead atoms. The van der Waals surface area contributed by atoms with Crippen LogP contribution in [0.1, 0.15) is 24.8 Å². The van der Waals surface area contributed by atoms with Gasteiger partial charge in [0.05, 0.1) is 12.2 Å². The third kappa shape index (κ3) is 2.19. The van der Waals surface area contributed by atoms with Gasteiger partial charge in [0.1, 0.15) is 11.2 Å². The highest BCUT2D eigenvalue weighted by atomic mass is 79.9. The van der Waals surface area contributed by atoms with Crippen LogP contribution in [-0.4, -0.2) is 23.3 Å². The molecule has 0 aromatic heterocycles. The summed E-state index contributed by atoms with van der Waals surface area (Å²) in [5.41, 5.74) is -0.193. The Bertz CT molecular complexity index is 513. The molecule has 2 aliphatic heterocycles. The van der Waals surface area contributed by atoms with Crippen molar-refractivity contribution < 1.29 is 19.0 Å². The molecule has 1 aromatic carbocycles. The van der Waals surface area contributed by atoms with Crippen molar-refractivity contribution in [3.8, 4) is 0 Å². The number of fused-ring (bicyclic) bond motifs is 2. The van der Waals surface area contributed by atoms with E-state index in [2.05, 4.69) is 15.9 Å². The van der Waals surface area contributed by atoms with Gasteiger partial charge in [0, 0.05) is 4.47 Å². The molecule has 0 aliphatic carbocycles. The summed E-state index contributed by atoms with van der Waals surface area (Å²) >= 11 is 3.24. The maximum absolute atomic E-state index is 13.4. The van der Waals surface area contributed by atoms with Gasteiger partial charge in [-0.1, -0.05) is 15.9 Å². The van der Waals surface area contributed by atoms with Crippen LogP contribution in [0.15, 0.2) is 22.7 Å². The van der Waals surface area contributed by atoms with Gasteiger partial charge in [0.2, 0.25) is 0 Å². The molecule has 1 aromatic rings. The van der Waals surface area contributed by atoms with Crippen LogP contribution in [0.2, 0.25) is 0 Å². The molecular weight excluding hydrogens is 315 g/mol. The fourth-order valence-electron chi connectivity index (χ4n) is 3.36. The highest BCUT2D eigenvalue weighted by Crippen LogP contribution is 2.50. The standard InChI is InChI=1S/C14H14BrFO3/c15-9-3-8(4-10(16)5-9)6-14(13(17)18)7-11-1-2-12(14)19-11/h3-5,11-12H,1-2,6-7H2,(H,17,18). The summed E-state index contributed by atoms with van der Waals surface area (Å²) in [6.07, 6.45) is 2.39. The number of hydrogen-bond donors (Lipinski definition) is 1. The normalized spacial score (nSPS) is 32.7. The summed E-state index contributed by atoms with van der Waals surface area (Å²) in [7, 11) is 0. The van der Waals surface area contributed by atoms with E-state index in [1.165, 1.54) is 12.1 Å². The molecule has 5 heteroatoms. The first-order valence-corrected chi connectivity index (χ1v) is 7.13. The minimum Gasteiger partial charge on any atom is -0.481 e. The van der Waals surface area contributed by atoms with Gasteiger partial charge in [-0.15, -0.1) is 0 Å². The molecule has 3 atom stereocenters. The minimum atomic E-state index is -0.893. The van der Waals surface area contributed by atoms with Crippen LogP contribution < -0.4 is 0 Å². The lowest BCUT2D eigenvalue weighted by Gasteiger charge is -2.31. The molecule has 0 saturated carbocycles. The Morgan fingerprint density at radius 2 is 2.26 bits per heavy atom. The third-order valence-electron chi connectivity index (χ3n) is 4.18. The van der Waals surface area contributed by atoms with Gasteiger partial charge in [-0.25, -0.2) is 4.39 Å². The van der Waals surface area contributed by atoms with Crippen molar-refractivity contribution in [1.29, 1.82) is 0 Å². The Morgan fingerprint density at radius 3 is 2.79 bits per heavy atom. The quantitative estimate of drug-likeness (QED) is 0.927. The zero-order valence-corrected chi connectivity index (χ0v) is 11.8. The molecule has 1 N–H and O–H groups in total. The van der Waals surface area contributed by atoms with Gasteiger partial charge in [-0.05, 0) is 49.4 Å². The molecule has 0 spiro atoms. The van der Waals surface area contributed by atoms with E-state index in [0.717, 1.165) is 12.8 Å². The Morgan fingerprint density at radius 1 is 1.47 bits per heavy atom. The van der Waals surface area contributed by atoms with Crippen molar-refractivity contribution in [1.82, 2.24) is 0 Å². The van der Waals surface area contributed by atoms with Crippen molar-refractivity contribution in [3.63, 3.8) is 0 Å². The minimum absolute atomic E-state index is 0.0538. The molecule has 3 unspecified atom stereocenters. The van der Waals surface area contributed by atoms with E-state index in [9.17, 15) is 14.3 Å². The molecular formula is C14H14BrFO3. The fourth-order valence-corrected chi connectivity index (χ4v) is 3.88. The molecule has 0 amide bonds. The number of benzene rings is 1. The number of carbonyl (C=O) groups is 1. The topological polar surface area (TPSA) is 46.5 Å². The van der Waals surface area contributed by atoms with Gasteiger partial charge >= 0.3 is 5.97 Å². The molecule has 3 nitrogen and oxygen atoms in total. The summed E-state index contributed by atoms with van der Waals surface area (Å²) in [6, 6.07) is 4.55. The van der Waals surface area contributed by atoms with Crippen molar-refractivity contribution in [2.75, 3.05) is 0 Å². The summed E-state index contributed by atoms with van der Waals surface area (Å²) in [6.45, 7) is 0. The van der Waals surface area contributed by atoms with E-state index in [0.29, 0.717) is 22.9 Å². The smallest absolute Gasteiger partial charge is 0.312 e. The first-order chi connectivity index (χ1) is 8.99.